The van der Waals surface area contributed by atoms with Crippen molar-refractivity contribution >= 4 is 11.6 Å². The zero-order chi connectivity index (χ0) is 11.2. The molecule has 2 nitrogen and oxygen atoms in total. The molecule has 0 fully saturated rings. The molecule has 0 amide bonds. The predicted molar refractivity (Wildman–Crippen MR) is 51.7 cm³/mol. The molecule has 82 valence electrons. The molecule has 0 unspecified atom stereocenters. The van der Waals surface area contributed by atoms with E-state index in [1.807, 2.05) is 13.8 Å². The van der Waals surface area contributed by atoms with E-state index in [0.29, 0.717) is 0 Å². The molecule has 0 aliphatic carbocycles. The van der Waals surface area contributed by atoms with Gasteiger partial charge in [-0.05, 0) is 17.5 Å². The van der Waals surface area contributed by atoms with Crippen LogP contribution in [-0.4, -0.2) is 6.29 Å². The van der Waals surface area contributed by atoms with Crippen LogP contribution in [0.3, 0.4) is 0 Å². The van der Waals surface area contributed by atoms with Gasteiger partial charge in [0.25, 0.3) is 0 Å². The van der Waals surface area contributed by atoms with E-state index >= 15 is 0 Å². The fourth-order valence-corrected chi connectivity index (χ4v) is 1.86. The summed E-state index contributed by atoms with van der Waals surface area (Å²) < 4.78 is 34.1. The molecular formula is C10H9ClF2O2. The number of alkyl halides is 2. The average Bonchev–Trinajstić information content (AvgIpc) is 2.40. The van der Waals surface area contributed by atoms with Gasteiger partial charge < -0.3 is 9.47 Å². The molecule has 5 heteroatoms. The van der Waals surface area contributed by atoms with E-state index in [0.717, 1.165) is 5.56 Å². The van der Waals surface area contributed by atoms with Crippen LogP contribution >= 0.6 is 11.6 Å². The van der Waals surface area contributed by atoms with Gasteiger partial charge in [0.05, 0.1) is 5.02 Å². The number of hydrogen-bond acceptors (Lipinski definition) is 2. The highest BCUT2D eigenvalue weighted by molar-refractivity contribution is 6.33. The summed E-state index contributed by atoms with van der Waals surface area (Å²) in [4.78, 5) is 0. The van der Waals surface area contributed by atoms with Crippen molar-refractivity contribution in [2.45, 2.75) is 26.1 Å². The quantitative estimate of drug-likeness (QED) is 0.736. The van der Waals surface area contributed by atoms with E-state index in [1.165, 1.54) is 6.07 Å². The Morgan fingerprint density at radius 2 is 1.93 bits per heavy atom. The van der Waals surface area contributed by atoms with Crippen molar-refractivity contribution in [1.82, 2.24) is 0 Å². The third kappa shape index (κ3) is 1.74. The molecule has 1 aliphatic heterocycles. The fourth-order valence-electron chi connectivity index (χ4n) is 1.44. The molecule has 0 atom stereocenters. The van der Waals surface area contributed by atoms with Gasteiger partial charge in [-0.25, -0.2) is 0 Å². The monoisotopic (exact) mass is 234 g/mol. The van der Waals surface area contributed by atoms with Gasteiger partial charge in [0.2, 0.25) is 0 Å². The summed E-state index contributed by atoms with van der Waals surface area (Å²) in [5.74, 6) is 0.0443. The Hall–Kier alpha value is -1.03. The minimum Gasteiger partial charge on any atom is -0.395 e. The highest BCUT2D eigenvalue weighted by Crippen LogP contribution is 2.47. The summed E-state index contributed by atoms with van der Waals surface area (Å²) in [7, 11) is 0. The normalized spacial score (nSPS) is 17.2. The van der Waals surface area contributed by atoms with Crippen LogP contribution in [-0.2, 0) is 0 Å². The van der Waals surface area contributed by atoms with E-state index in [-0.39, 0.29) is 22.4 Å². The third-order valence-electron chi connectivity index (χ3n) is 2.16. The standard InChI is InChI=1S/C10H9ClF2O2/c1-5(2)6-3-4-7-9(8(6)11)15-10(12,13)14-7/h3-5H,1-2H3. The Labute approximate surface area is 90.7 Å². The molecule has 0 radical (unpaired) electrons. The minimum absolute atomic E-state index is 0.0191. The highest BCUT2D eigenvalue weighted by Gasteiger charge is 2.44. The summed E-state index contributed by atoms with van der Waals surface area (Å²) in [5, 5.41) is 0.194. The zero-order valence-corrected chi connectivity index (χ0v) is 8.94. The first-order chi connectivity index (χ1) is 6.91. The SMILES string of the molecule is CC(C)c1ccc2c(c1Cl)OC(F)(F)O2. The van der Waals surface area contributed by atoms with Crippen LogP contribution in [0.1, 0.15) is 25.3 Å². The lowest BCUT2D eigenvalue weighted by molar-refractivity contribution is -0.286. The molecule has 0 N–H and O–H groups in total. The number of hydrogen-bond donors (Lipinski definition) is 0. The lowest BCUT2D eigenvalue weighted by atomic mass is 10.0. The van der Waals surface area contributed by atoms with Crippen molar-refractivity contribution in [2.75, 3.05) is 0 Å². The summed E-state index contributed by atoms with van der Waals surface area (Å²) in [6.07, 6.45) is -3.61. The van der Waals surface area contributed by atoms with Crippen LogP contribution in [0.15, 0.2) is 12.1 Å². The zero-order valence-electron chi connectivity index (χ0n) is 8.18. The minimum atomic E-state index is -3.61. The molecule has 0 bridgehead atoms. The number of benzene rings is 1. The molecule has 2 rings (SSSR count). The predicted octanol–water partition coefficient (Wildman–Crippen LogP) is 3.78. The van der Waals surface area contributed by atoms with Crippen molar-refractivity contribution in [3.63, 3.8) is 0 Å². The molecule has 0 spiro atoms. The smallest absolute Gasteiger partial charge is 0.395 e. The first kappa shape index (κ1) is 10.5. The molecular weight excluding hydrogens is 226 g/mol. The van der Waals surface area contributed by atoms with Gasteiger partial charge >= 0.3 is 6.29 Å². The van der Waals surface area contributed by atoms with Gasteiger partial charge in [0.15, 0.2) is 11.5 Å². The lowest BCUT2D eigenvalue weighted by Gasteiger charge is -2.09. The number of ether oxygens (including phenoxy) is 2. The average molecular weight is 235 g/mol. The van der Waals surface area contributed by atoms with Gasteiger partial charge in [-0.15, -0.1) is 8.78 Å². The van der Waals surface area contributed by atoms with Crippen LogP contribution in [0, 0.1) is 0 Å². The van der Waals surface area contributed by atoms with E-state index < -0.39 is 6.29 Å². The van der Waals surface area contributed by atoms with Gasteiger partial charge in [-0.3, -0.25) is 0 Å². The van der Waals surface area contributed by atoms with E-state index in [4.69, 9.17) is 11.6 Å². The molecule has 1 aromatic rings. The largest absolute Gasteiger partial charge is 0.586 e. The van der Waals surface area contributed by atoms with Crippen LogP contribution in [0.4, 0.5) is 8.78 Å². The molecule has 0 aromatic heterocycles. The van der Waals surface area contributed by atoms with Crippen LogP contribution in [0.5, 0.6) is 11.5 Å². The molecule has 1 heterocycles. The van der Waals surface area contributed by atoms with E-state index in [9.17, 15) is 8.78 Å². The van der Waals surface area contributed by atoms with Gasteiger partial charge in [-0.1, -0.05) is 31.5 Å². The summed E-state index contributed by atoms with van der Waals surface area (Å²) in [5.41, 5.74) is 0.761. The first-order valence-electron chi connectivity index (χ1n) is 4.49. The van der Waals surface area contributed by atoms with Gasteiger partial charge in [0.1, 0.15) is 0 Å². The maximum atomic E-state index is 12.7. The first-order valence-corrected chi connectivity index (χ1v) is 4.87. The topological polar surface area (TPSA) is 18.5 Å². The van der Waals surface area contributed by atoms with Crippen molar-refractivity contribution in [3.05, 3.63) is 22.7 Å². The molecule has 15 heavy (non-hydrogen) atoms. The second-order valence-electron chi connectivity index (χ2n) is 3.62. The maximum Gasteiger partial charge on any atom is 0.586 e. The fraction of sp³-hybridized carbons (Fsp3) is 0.400. The van der Waals surface area contributed by atoms with Gasteiger partial charge in [0, 0.05) is 0 Å². The van der Waals surface area contributed by atoms with Crippen molar-refractivity contribution in [2.24, 2.45) is 0 Å². The van der Waals surface area contributed by atoms with Crippen molar-refractivity contribution in [3.8, 4) is 11.5 Å². The number of fused-ring (bicyclic) bond motifs is 1. The second-order valence-corrected chi connectivity index (χ2v) is 4.00. The summed E-state index contributed by atoms with van der Waals surface area (Å²) in [6.45, 7) is 3.84. The summed E-state index contributed by atoms with van der Waals surface area (Å²) in [6, 6.07) is 3.11. The van der Waals surface area contributed by atoms with Gasteiger partial charge in [-0.2, -0.15) is 0 Å². The highest BCUT2D eigenvalue weighted by atomic mass is 35.5. The Morgan fingerprint density at radius 1 is 1.27 bits per heavy atom. The van der Waals surface area contributed by atoms with E-state index in [2.05, 4.69) is 9.47 Å². The maximum absolute atomic E-state index is 12.7. The van der Waals surface area contributed by atoms with Crippen LogP contribution in [0.25, 0.3) is 0 Å². The van der Waals surface area contributed by atoms with Crippen molar-refractivity contribution < 1.29 is 18.3 Å². The van der Waals surface area contributed by atoms with Crippen LogP contribution in [0.2, 0.25) is 5.02 Å². The molecule has 0 saturated heterocycles. The third-order valence-corrected chi connectivity index (χ3v) is 2.55. The summed E-state index contributed by atoms with van der Waals surface area (Å²) >= 11 is 5.94. The van der Waals surface area contributed by atoms with E-state index in [1.54, 1.807) is 6.07 Å². The molecule has 1 aliphatic rings. The lowest BCUT2D eigenvalue weighted by Crippen LogP contribution is -2.26. The Morgan fingerprint density at radius 3 is 2.53 bits per heavy atom. The molecule has 1 aromatic carbocycles. The van der Waals surface area contributed by atoms with Crippen LogP contribution < -0.4 is 9.47 Å². The Bertz CT molecular complexity index is 405. The van der Waals surface area contributed by atoms with Crippen molar-refractivity contribution in [1.29, 1.82) is 0 Å². The molecule has 0 saturated carbocycles. The number of halogens is 3. The Balaban J connectivity index is 2.49. The number of rotatable bonds is 1. The second kappa shape index (κ2) is 3.23. The Kier molecular flexibility index (Phi) is 2.26.